The van der Waals surface area contributed by atoms with E-state index >= 15 is 0 Å². The van der Waals surface area contributed by atoms with Crippen LogP contribution in [0.5, 0.6) is 0 Å². The van der Waals surface area contributed by atoms with Gasteiger partial charge in [-0.15, -0.1) is 0 Å². The van der Waals surface area contributed by atoms with Gasteiger partial charge in [-0.3, -0.25) is 0 Å². The predicted octanol–water partition coefficient (Wildman–Crippen LogP) is 1.72. The highest BCUT2D eigenvalue weighted by atomic mass is 16.5. The van der Waals surface area contributed by atoms with Crippen molar-refractivity contribution in [3.05, 3.63) is 17.7 Å². The Bertz CT molecular complexity index is 396. The van der Waals surface area contributed by atoms with Crippen molar-refractivity contribution in [2.45, 2.75) is 44.6 Å². The number of aliphatic hydroxyl groups is 1. The maximum absolute atomic E-state index is 9.51. The molecule has 1 saturated heterocycles. The fourth-order valence-corrected chi connectivity index (χ4v) is 3.27. The molecule has 4 nitrogen and oxygen atoms in total. The van der Waals surface area contributed by atoms with Crippen LogP contribution in [0.15, 0.2) is 6.20 Å². The van der Waals surface area contributed by atoms with Gasteiger partial charge in [-0.25, -0.2) is 4.98 Å². The molecular weight excluding hydrogens is 228 g/mol. The van der Waals surface area contributed by atoms with E-state index in [0.29, 0.717) is 5.92 Å². The second kappa shape index (κ2) is 5.41. The minimum atomic E-state index is 0.234. The highest BCUT2D eigenvalue weighted by Crippen LogP contribution is 2.28. The summed E-state index contributed by atoms with van der Waals surface area (Å²) in [6.07, 6.45) is 8.76. The zero-order valence-corrected chi connectivity index (χ0v) is 10.8. The molecule has 0 spiro atoms. The molecule has 0 bridgehead atoms. The van der Waals surface area contributed by atoms with Crippen LogP contribution in [0, 0.1) is 5.92 Å². The molecule has 100 valence electrons. The van der Waals surface area contributed by atoms with E-state index in [-0.39, 0.29) is 12.6 Å². The maximum Gasteiger partial charge on any atom is 0.109 e. The van der Waals surface area contributed by atoms with Crippen molar-refractivity contribution >= 4 is 0 Å². The van der Waals surface area contributed by atoms with Crippen molar-refractivity contribution in [1.82, 2.24) is 9.55 Å². The van der Waals surface area contributed by atoms with Crippen LogP contribution in [0.4, 0.5) is 0 Å². The minimum Gasteiger partial charge on any atom is -0.394 e. The fourth-order valence-electron chi connectivity index (χ4n) is 3.27. The molecule has 0 saturated carbocycles. The number of ether oxygens (including phenoxy) is 1. The Balaban J connectivity index is 1.77. The normalized spacial score (nSPS) is 28.1. The van der Waals surface area contributed by atoms with E-state index < -0.39 is 0 Å². The Labute approximate surface area is 108 Å². The lowest BCUT2D eigenvalue weighted by Crippen LogP contribution is -2.25. The number of hydrogen-bond acceptors (Lipinski definition) is 3. The molecule has 2 atom stereocenters. The molecule has 1 aromatic heterocycles. The first-order valence-corrected chi connectivity index (χ1v) is 7.12. The summed E-state index contributed by atoms with van der Waals surface area (Å²) in [5, 5.41) is 9.51. The quantitative estimate of drug-likeness (QED) is 0.888. The molecule has 18 heavy (non-hydrogen) atoms. The standard InChI is InChI=1S/C14H22N2O2/c17-9-13-5-1-4-12-8-15-14(16(12)13)7-11-3-2-6-18-10-11/h8,11,13,17H,1-7,9-10H2. The molecule has 0 radical (unpaired) electrons. The lowest BCUT2D eigenvalue weighted by molar-refractivity contribution is 0.0535. The van der Waals surface area contributed by atoms with Gasteiger partial charge in [0.1, 0.15) is 5.82 Å². The third-order valence-electron chi connectivity index (χ3n) is 4.22. The molecule has 2 aliphatic rings. The number of rotatable bonds is 3. The van der Waals surface area contributed by atoms with E-state index in [1.165, 1.54) is 25.0 Å². The van der Waals surface area contributed by atoms with Crippen molar-refractivity contribution in [2.24, 2.45) is 5.92 Å². The third-order valence-corrected chi connectivity index (χ3v) is 4.22. The summed E-state index contributed by atoms with van der Waals surface area (Å²) in [6, 6.07) is 0.246. The smallest absolute Gasteiger partial charge is 0.109 e. The number of aryl methyl sites for hydroxylation is 1. The van der Waals surface area contributed by atoms with Gasteiger partial charge in [-0.1, -0.05) is 0 Å². The minimum absolute atomic E-state index is 0.234. The van der Waals surface area contributed by atoms with Gasteiger partial charge in [0.15, 0.2) is 0 Å². The lowest BCUT2D eigenvalue weighted by atomic mass is 9.97. The van der Waals surface area contributed by atoms with Crippen molar-refractivity contribution in [2.75, 3.05) is 19.8 Å². The molecule has 0 amide bonds. The van der Waals surface area contributed by atoms with Gasteiger partial charge in [0.2, 0.25) is 0 Å². The zero-order chi connectivity index (χ0) is 12.4. The Kier molecular flexibility index (Phi) is 3.66. The van der Waals surface area contributed by atoms with Crippen LogP contribution in [-0.2, 0) is 17.6 Å². The van der Waals surface area contributed by atoms with Crippen LogP contribution in [0.3, 0.4) is 0 Å². The SMILES string of the molecule is OCC1CCCc2cnc(CC3CCCOC3)n21. The summed E-state index contributed by atoms with van der Waals surface area (Å²) in [6.45, 7) is 2.01. The van der Waals surface area contributed by atoms with Gasteiger partial charge >= 0.3 is 0 Å². The van der Waals surface area contributed by atoms with E-state index in [4.69, 9.17) is 4.74 Å². The van der Waals surface area contributed by atoms with Crippen LogP contribution in [0.1, 0.15) is 43.2 Å². The lowest BCUT2D eigenvalue weighted by Gasteiger charge is -2.28. The van der Waals surface area contributed by atoms with Crippen LogP contribution in [0.2, 0.25) is 0 Å². The molecule has 0 aliphatic carbocycles. The number of nitrogens with zero attached hydrogens (tertiary/aromatic N) is 2. The maximum atomic E-state index is 9.51. The molecule has 2 unspecified atom stereocenters. The summed E-state index contributed by atoms with van der Waals surface area (Å²) in [7, 11) is 0. The third kappa shape index (κ3) is 2.31. The predicted molar refractivity (Wildman–Crippen MR) is 68.5 cm³/mol. The monoisotopic (exact) mass is 250 g/mol. The molecular formula is C14H22N2O2. The average Bonchev–Trinajstić information content (AvgIpc) is 2.83. The van der Waals surface area contributed by atoms with Crippen molar-refractivity contribution in [3.63, 3.8) is 0 Å². The molecule has 1 aromatic rings. The van der Waals surface area contributed by atoms with E-state index in [1.54, 1.807) is 0 Å². The summed E-state index contributed by atoms with van der Waals surface area (Å²) in [4.78, 5) is 4.59. The van der Waals surface area contributed by atoms with Crippen LogP contribution < -0.4 is 0 Å². The van der Waals surface area contributed by atoms with E-state index in [9.17, 15) is 5.11 Å². The number of imidazole rings is 1. The molecule has 2 aliphatic heterocycles. The first-order valence-electron chi connectivity index (χ1n) is 7.12. The second-order valence-electron chi connectivity index (χ2n) is 5.55. The van der Waals surface area contributed by atoms with Crippen molar-refractivity contribution in [3.8, 4) is 0 Å². The van der Waals surface area contributed by atoms with Crippen molar-refractivity contribution < 1.29 is 9.84 Å². The Hall–Kier alpha value is -0.870. The fraction of sp³-hybridized carbons (Fsp3) is 0.786. The first-order chi connectivity index (χ1) is 8.88. The molecule has 1 fully saturated rings. The second-order valence-corrected chi connectivity index (χ2v) is 5.55. The summed E-state index contributed by atoms with van der Waals surface area (Å²) in [5.74, 6) is 1.76. The molecule has 0 aromatic carbocycles. The van der Waals surface area contributed by atoms with Crippen molar-refractivity contribution in [1.29, 1.82) is 0 Å². The average molecular weight is 250 g/mol. The number of aromatic nitrogens is 2. The van der Waals surface area contributed by atoms with Gasteiger partial charge in [0.05, 0.1) is 12.6 Å². The van der Waals surface area contributed by atoms with Crippen LogP contribution in [-0.4, -0.2) is 34.5 Å². The summed E-state index contributed by atoms with van der Waals surface area (Å²) >= 11 is 0. The first kappa shape index (κ1) is 12.2. The van der Waals surface area contributed by atoms with E-state index in [2.05, 4.69) is 9.55 Å². The van der Waals surface area contributed by atoms with E-state index in [1.807, 2.05) is 6.20 Å². The van der Waals surface area contributed by atoms with Crippen LogP contribution >= 0.6 is 0 Å². The highest BCUT2D eigenvalue weighted by Gasteiger charge is 2.24. The zero-order valence-electron chi connectivity index (χ0n) is 10.8. The largest absolute Gasteiger partial charge is 0.394 e. The number of hydrogen-bond donors (Lipinski definition) is 1. The molecule has 3 rings (SSSR count). The van der Waals surface area contributed by atoms with Gasteiger partial charge in [0.25, 0.3) is 0 Å². The highest BCUT2D eigenvalue weighted by molar-refractivity contribution is 5.11. The Morgan fingerprint density at radius 1 is 1.39 bits per heavy atom. The molecule has 1 N–H and O–H groups in total. The molecule has 3 heterocycles. The van der Waals surface area contributed by atoms with Gasteiger partial charge < -0.3 is 14.4 Å². The Morgan fingerprint density at radius 3 is 3.11 bits per heavy atom. The Morgan fingerprint density at radius 2 is 2.33 bits per heavy atom. The van der Waals surface area contributed by atoms with Crippen LogP contribution in [0.25, 0.3) is 0 Å². The number of fused-ring (bicyclic) bond motifs is 1. The van der Waals surface area contributed by atoms with Gasteiger partial charge in [0, 0.05) is 31.5 Å². The van der Waals surface area contributed by atoms with Gasteiger partial charge in [-0.2, -0.15) is 0 Å². The topological polar surface area (TPSA) is 47.3 Å². The summed E-state index contributed by atoms with van der Waals surface area (Å²) < 4.78 is 7.83. The summed E-state index contributed by atoms with van der Waals surface area (Å²) in [5.41, 5.74) is 1.30. The van der Waals surface area contributed by atoms with E-state index in [0.717, 1.165) is 38.3 Å². The number of aliphatic hydroxyl groups excluding tert-OH is 1. The molecule has 4 heteroatoms. The van der Waals surface area contributed by atoms with Gasteiger partial charge in [-0.05, 0) is 38.0 Å².